The van der Waals surface area contributed by atoms with E-state index in [-0.39, 0.29) is 5.41 Å². The van der Waals surface area contributed by atoms with Crippen molar-refractivity contribution in [3.8, 4) is 0 Å². The molecule has 0 aromatic heterocycles. The van der Waals surface area contributed by atoms with Crippen molar-refractivity contribution in [3.05, 3.63) is 35.4 Å². The van der Waals surface area contributed by atoms with E-state index in [0.717, 1.165) is 19.4 Å². The Labute approximate surface area is 117 Å². The van der Waals surface area contributed by atoms with Crippen molar-refractivity contribution in [3.63, 3.8) is 0 Å². The van der Waals surface area contributed by atoms with Gasteiger partial charge in [-0.2, -0.15) is 0 Å². The first kappa shape index (κ1) is 14.5. The Balaban J connectivity index is 1.91. The molecule has 0 aliphatic heterocycles. The molecule has 2 N–H and O–H groups in total. The van der Waals surface area contributed by atoms with E-state index in [9.17, 15) is 5.11 Å². The summed E-state index contributed by atoms with van der Waals surface area (Å²) in [5.74, 6) is 0. The molecule has 0 spiro atoms. The second-order valence-corrected chi connectivity index (χ2v) is 6.23. The van der Waals surface area contributed by atoms with Crippen LogP contribution in [0.15, 0.2) is 24.3 Å². The number of rotatable bonds is 5. The molecule has 0 amide bonds. The van der Waals surface area contributed by atoms with Crippen LogP contribution < -0.4 is 5.32 Å². The van der Waals surface area contributed by atoms with E-state index in [2.05, 4.69) is 43.4 Å². The van der Waals surface area contributed by atoms with E-state index in [1.54, 1.807) is 0 Å². The van der Waals surface area contributed by atoms with Crippen molar-refractivity contribution >= 4 is 0 Å². The Hall–Kier alpha value is -0.860. The Morgan fingerprint density at radius 1 is 1.16 bits per heavy atom. The maximum Gasteiger partial charge on any atom is 0.0499 e. The average molecular weight is 261 g/mol. The zero-order valence-electron chi connectivity index (χ0n) is 12.3. The molecule has 1 fully saturated rings. The number of aliphatic hydroxyl groups is 1. The predicted molar refractivity (Wildman–Crippen MR) is 80.2 cm³/mol. The third-order valence-electron chi connectivity index (χ3n) is 4.61. The Morgan fingerprint density at radius 3 is 2.37 bits per heavy atom. The van der Waals surface area contributed by atoms with Crippen LogP contribution in [0.5, 0.6) is 0 Å². The molecule has 1 saturated carbocycles. The van der Waals surface area contributed by atoms with Crippen molar-refractivity contribution < 1.29 is 5.11 Å². The highest BCUT2D eigenvalue weighted by Gasteiger charge is 2.31. The van der Waals surface area contributed by atoms with Gasteiger partial charge in [-0.05, 0) is 32.3 Å². The standard InChI is InChI=1S/C17H27NO/c1-14-6-8-16(9-7-14)15(2)18-12-17(13-19)10-4-3-5-11-17/h6-9,15,18-19H,3-5,10-13H2,1-2H3/t15-/m0/s1. The van der Waals surface area contributed by atoms with Crippen LogP contribution in [0.25, 0.3) is 0 Å². The molecule has 0 radical (unpaired) electrons. The van der Waals surface area contributed by atoms with Gasteiger partial charge in [0.05, 0.1) is 0 Å². The Bertz CT molecular complexity index is 379. The highest BCUT2D eigenvalue weighted by atomic mass is 16.3. The number of hydrogen-bond acceptors (Lipinski definition) is 2. The van der Waals surface area contributed by atoms with Gasteiger partial charge in [-0.15, -0.1) is 0 Å². The smallest absolute Gasteiger partial charge is 0.0499 e. The fraction of sp³-hybridized carbons (Fsp3) is 0.647. The normalized spacial score (nSPS) is 20.2. The van der Waals surface area contributed by atoms with Crippen molar-refractivity contribution in [1.29, 1.82) is 0 Å². The largest absolute Gasteiger partial charge is 0.396 e. The molecule has 19 heavy (non-hydrogen) atoms. The van der Waals surface area contributed by atoms with Gasteiger partial charge in [0.2, 0.25) is 0 Å². The van der Waals surface area contributed by atoms with Crippen molar-refractivity contribution in [2.45, 2.75) is 52.0 Å². The molecule has 0 heterocycles. The van der Waals surface area contributed by atoms with Crippen LogP contribution in [0.2, 0.25) is 0 Å². The van der Waals surface area contributed by atoms with Gasteiger partial charge in [-0.3, -0.25) is 0 Å². The van der Waals surface area contributed by atoms with E-state index in [1.807, 2.05) is 0 Å². The molecule has 1 aliphatic carbocycles. The van der Waals surface area contributed by atoms with Gasteiger partial charge in [-0.25, -0.2) is 0 Å². The average Bonchev–Trinajstić information content (AvgIpc) is 2.46. The molecule has 1 aliphatic rings. The van der Waals surface area contributed by atoms with Gasteiger partial charge in [0.15, 0.2) is 0 Å². The van der Waals surface area contributed by atoms with Gasteiger partial charge in [0.1, 0.15) is 0 Å². The summed E-state index contributed by atoms with van der Waals surface area (Å²) in [6.45, 7) is 5.57. The van der Waals surface area contributed by atoms with Crippen LogP contribution in [0.3, 0.4) is 0 Å². The fourth-order valence-electron chi connectivity index (χ4n) is 3.04. The predicted octanol–water partition coefficient (Wildman–Crippen LogP) is 3.59. The summed E-state index contributed by atoms with van der Waals surface area (Å²) in [5.41, 5.74) is 2.75. The van der Waals surface area contributed by atoms with Crippen LogP contribution in [0, 0.1) is 12.3 Å². The number of nitrogens with one attached hydrogen (secondary N) is 1. The zero-order chi connectivity index (χ0) is 13.7. The molecule has 2 rings (SSSR count). The third-order valence-corrected chi connectivity index (χ3v) is 4.61. The molecule has 106 valence electrons. The van der Waals surface area contributed by atoms with Crippen LogP contribution >= 0.6 is 0 Å². The SMILES string of the molecule is Cc1ccc([C@H](C)NCC2(CO)CCCCC2)cc1. The quantitative estimate of drug-likeness (QED) is 0.849. The molecule has 2 heteroatoms. The molecule has 1 aromatic carbocycles. The lowest BCUT2D eigenvalue weighted by Crippen LogP contribution is -2.39. The van der Waals surface area contributed by atoms with Crippen LogP contribution in [-0.4, -0.2) is 18.3 Å². The van der Waals surface area contributed by atoms with Crippen molar-refractivity contribution in [1.82, 2.24) is 5.32 Å². The Morgan fingerprint density at radius 2 is 1.79 bits per heavy atom. The van der Waals surface area contributed by atoms with E-state index in [4.69, 9.17) is 0 Å². The highest BCUT2D eigenvalue weighted by Crippen LogP contribution is 2.35. The maximum absolute atomic E-state index is 9.72. The second-order valence-electron chi connectivity index (χ2n) is 6.23. The van der Waals surface area contributed by atoms with Crippen LogP contribution in [0.4, 0.5) is 0 Å². The highest BCUT2D eigenvalue weighted by molar-refractivity contribution is 5.23. The summed E-state index contributed by atoms with van der Waals surface area (Å²) in [5, 5.41) is 13.3. The van der Waals surface area contributed by atoms with Crippen molar-refractivity contribution in [2.75, 3.05) is 13.2 Å². The Kier molecular flexibility index (Phi) is 5.00. The van der Waals surface area contributed by atoms with Gasteiger partial charge in [0, 0.05) is 24.6 Å². The number of benzene rings is 1. The first-order chi connectivity index (χ1) is 9.15. The summed E-state index contributed by atoms with van der Waals surface area (Å²) in [6.07, 6.45) is 6.19. The molecule has 0 unspecified atom stereocenters. The van der Waals surface area contributed by atoms with Crippen molar-refractivity contribution in [2.24, 2.45) is 5.41 Å². The van der Waals surface area contributed by atoms with Gasteiger partial charge in [-0.1, -0.05) is 49.1 Å². The minimum Gasteiger partial charge on any atom is -0.396 e. The molecular weight excluding hydrogens is 234 g/mol. The third kappa shape index (κ3) is 3.80. The van der Waals surface area contributed by atoms with E-state index >= 15 is 0 Å². The van der Waals surface area contributed by atoms with Crippen LogP contribution in [0.1, 0.15) is 56.2 Å². The summed E-state index contributed by atoms with van der Waals surface area (Å²) in [4.78, 5) is 0. The van der Waals surface area contributed by atoms with E-state index in [0.29, 0.717) is 12.6 Å². The van der Waals surface area contributed by atoms with Crippen LogP contribution in [-0.2, 0) is 0 Å². The van der Waals surface area contributed by atoms with Gasteiger partial charge in [0.25, 0.3) is 0 Å². The van der Waals surface area contributed by atoms with Gasteiger partial charge >= 0.3 is 0 Å². The summed E-state index contributed by atoms with van der Waals surface area (Å²) < 4.78 is 0. The molecular formula is C17H27NO. The topological polar surface area (TPSA) is 32.3 Å². The lowest BCUT2D eigenvalue weighted by Gasteiger charge is -2.36. The van der Waals surface area contributed by atoms with E-state index < -0.39 is 0 Å². The number of hydrogen-bond donors (Lipinski definition) is 2. The number of aliphatic hydroxyl groups excluding tert-OH is 1. The first-order valence-corrected chi connectivity index (χ1v) is 7.56. The maximum atomic E-state index is 9.72. The minimum absolute atomic E-state index is 0.122. The lowest BCUT2D eigenvalue weighted by molar-refractivity contribution is 0.0789. The lowest BCUT2D eigenvalue weighted by atomic mass is 9.74. The second kappa shape index (κ2) is 6.53. The monoisotopic (exact) mass is 261 g/mol. The molecule has 0 bridgehead atoms. The molecule has 1 aromatic rings. The van der Waals surface area contributed by atoms with Gasteiger partial charge < -0.3 is 10.4 Å². The molecule has 2 nitrogen and oxygen atoms in total. The fourth-order valence-corrected chi connectivity index (χ4v) is 3.04. The molecule has 1 atom stereocenters. The molecule has 0 saturated heterocycles. The number of aryl methyl sites for hydroxylation is 1. The minimum atomic E-state index is 0.122. The zero-order valence-corrected chi connectivity index (χ0v) is 12.3. The first-order valence-electron chi connectivity index (χ1n) is 7.56. The van der Waals surface area contributed by atoms with E-state index in [1.165, 1.54) is 30.4 Å². The summed E-state index contributed by atoms with van der Waals surface area (Å²) >= 11 is 0. The summed E-state index contributed by atoms with van der Waals surface area (Å²) in [7, 11) is 0. The summed E-state index contributed by atoms with van der Waals surface area (Å²) in [6, 6.07) is 9.07.